The van der Waals surface area contributed by atoms with Gasteiger partial charge in [0, 0.05) is 37.4 Å². The lowest BCUT2D eigenvalue weighted by Gasteiger charge is -2.23. The number of rotatable bonds is 8. The SMILES string of the molecule is C=CN=C(/C(=C(\C)c1ccccc1)N(C)/C=C/C=C/C=C/C)c1cccnc1. The molecular weight excluding hydrogens is 342 g/mol. The Morgan fingerprint density at radius 2 is 1.71 bits per heavy atom. The standard InChI is InChI=1S/C25H27N3/c1-5-7-8-9-13-19-28(4)25(21(3)22-15-11-10-12-16-22)24(27-6-2)23-17-14-18-26-20-23/h5-20H,2H2,1,3-4H3/b7-5+,9-8+,19-13+,25-21-,27-24?. The van der Waals surface area contributed by atoms with E-state index in [0.717, 1.165) is 28.1 Å². The van der Waals surface area contributed by atoms with E-state index in [1.807, 2.05) is 87.1 Å². The number of benzene rings is 1. The summed E-state index contributed by atoms with van der Waals surface area (Å²) < 4.78 is 0. The van der Waals surface area contributed by atoms with Gasteiger partial charge in [-0.05, 0) is 43.2 Å². The van der Waals surface area contributed by atoms with Gasteiger partial charge in [0.1, 0.15) is 0 Å². The van der Waals surface area contributed by atoms with Crippen LogP contribution in [-0.2, 0) is 0 Å². The van der Waals surface area contributed by atoms with Crippen molar-refractivity contribution < 1.29 is 0 Å². The zero-order chi connectivity index (χ0) is 20.2. The van der Waals surface area contributed by atoms with Gasteiger partial charge >= 0.3 is 0 Å². The van der Waals surface area contributed by atoms with Crippen LogP contribution in [-0.4, -0.2) is 22.6 Å². The monoisotopic (exact) mass is 369 g/mol. The van der Waals surface area contributed by atoms with Gasteiger partial charge in [-0.3, -0.25) is 9.98 Å². The zero-order valence-corrected chi connectivity index (χ0v) is 16.8. The average Bonchev–Trinajstić information content (AvgIpc) is 2.74. The summed E-state index contributed by atoms with van der Waals surface area (Å²) in [4.78, 5) is 10.9. The van der Waals surface area contributed by atoms with Crippen LogP contribution in [0.25, 0.3) is 5.57 Å². The molecule has 0 unspecified atom stereocenters. The lowest BCUT2D eigenvalue weighted by Crippen LogP contribution is -2.21. The molecule has 0 amide bonds. The highest BCUT2D eigenvalue weighted by Gasteiger charge is 2.17. The first-order valence-corrected chi connectivity index (χ1v) is 9.23. The lowest BCUT2D eigenvalue weighted by atomic mass is 9.99. The van der Waals surface area contributed by atoms with Crippen molar-refractivity contribution in [2.24, 2.45) is 4.99 Å². The first kappa shape index (κ1) is 20.8. The van der Waals surface area contributed by atoms with E-state index in [4.69, 9.17) is 0 Å². The number of aromatic nitrogens is 1. The van der Waals surface area contributed by atoms with Gasteiger partial charge in [-0.25, -0.2) is 0 Å². The molecule has 0 aliphatic rings. The fourth-order valence-corrected chi connectivity index (χ4v) is 2.79. The average molecular weight is 370 g/mol. The summed E-state index contributed by atoms with van der Waals surface area (Å²) in [5, 5.41) is 0. The molecule has 2 rings (SSSR count). The second-order valence-electron chi connectivity index (χ2n) is 6.10. The normalized spacial score (nSPS) is 13.3. The van der Waals surface area contributed by atoms with E-state index < -0.39 is 0 Å². The van der Waals surface area contributed by atoms with Crippen molar-refractivity contribution in [2.75, 3.05) is 7.05 Å². The van der Waals surface area contributed by atoms with E-state index in [1.165, 1.54) is 0 Å². The van der Waals surface area contributed by atoms with Gasteiger partial charge < -0.3 is 4.90 Å². The third-order valence-corrected chi connectivity index (χ3v) is 4.13. The van der Waals surface area contributed by atoms with E-state index in [0.29, 0.717) is 0 Å². The van der Waals surface area contributed by atoms with Crippen LogP contribution in [0.4, 0.5) is 0 Å². The summed E-state index contributed by atoms with van der Waals surface area (Å²) >= 11 is 0. The molecule has 0 aliphatic heterocycles. The number of allylic oxidation sites excluding steroid dienone is 7. The smallest absolute Gasteiger partial charge is 0.0956 e. The van der Waals surface area contributed by atoms with Crippen LogP contribution < -0.4 is 0 Å². The number of likely N-dealkylation sites (N-methyl/N-ethyl adjacent to an activating group) is 1. The van der Waals surface area contributed by atoms with Crippen LogP contribution in [0.5, 0.6) is 0 Å². The highest BCUT2D eigenvalue weighted by Crippen LogP contribution is 2.24. The van der Waals surface area contributed by atoms with Crippen molar-refractivity contribution in [3.05, 3.63) is 121 Å². The largest absolute Gasteiger partial charge is 0.349 e. The number of aliphatic imine (C=N–C) groups is 1. The van der Waals surface area contributed by atoms with E-state index in [2.05, 4.69) is 40.5 Å². The minimum absolute atomic E-state index is 0.828. The Morgan fingerprint density at radius 3 is 2.36 bits per heavy atom. The molecule has 0 N–H and O–H groups in total. The number of pyridine rings is 1. The Morgan fingerprint density at radius 1 is 1.00 bits per heavy atom. The third kappa shape index (κ3) is 5.78. The number of hydrogen-bond acceptors (Lipinski definition) is 3. The molecule has 0 fully saturated rings. The van der Waals surface area contributed by atoms with Crippen LogP contribution in [0.3, 0.4) is 0 Å². The van der Waals surface area contributed by atoms with Crippen LogP contribution in [0.15, 0.2) is 115 Å². The van der Waals surface area contributed by atoms with Crippen LogP contribution in [0.2, 0.25) is 0 Å². The Hall–Kier alpha value is -3.46. The predicted molar refractivity (Wildman–Crippen MR) is 121 cm³/mol. The Kier molecular flexibility index (Phi) is 8.41. The summed E-state index contributed by atoms with van der Waals surface area (Å²) in [6.07, 6.45) is 17.2. The van der Waals surface area contributed by atoms with Crippen LogP contribution in [0, 0.1) is 0 Å². The molecule has 0 saturated heterocycles. The molecule has 142 valence electrons. The molecule has 1 aromatic heterocycles. The van der Waals surface area contributed by atoms with Gasteiger partial charge in [0.2, 0.25) is 0 Å². The van der Waals surface area contributed by atoms with Gasteiger partial charge in [-0.1, -0.05) is 61.2 Å². The molecule has 0 spiro atoms. The summed E-state index contributed by atoms with van der Waals surface area (Å²) in [5.41, 5.74) is 5.03. The highest BCUT2D eigenvalue weighted by atomic mass is 15.1. The highest BCUT2D eigenvalue weighted by molar-refractivity contribution is 6.16. The molecule has 28 heavy (non-hydrogen) atoms. The molecule has 0 aliphatic carbocycles. The number of hydrogen-bond donors (Lipinski definition) is 0. The summed E-state index contributed by atoms with van der Waals surface area (Å²) in [5.74, 6) is 0. The molecule has 0 saturated carbocycles. The molecule has 3 nitrogen and oxygen atoms in total. The first-order chi connectivity index (χ1) is 13.7. The molecule has 1 aromatic carbocycles. The van der Waals surface area contributed by atoms with Crippen molar-refractivity contribution in [2.45, 2.75) is 13.8 Å². The molecule has 1 heterocycles. The second kappa shape index (κ2) is 11.3. The quantitative estimate of drug-likeness (QED) is 0.420. The summed E-state index contributed by atoms with van der Waals surface area (Å²) in [6.45, 7) is 7.92. The lowest BCUT2D eigenvalue weighted by molar-refractivity contribution is 0.600. The van der Waals surface area contributed by atoms with E-state index in [-0.39, 0.29) is 0 Å². The minimum atomic E-state index is 0.828. The van der Waals surface area contributed by atoms with Crippen LogP contribution in [0.1, 0.15) is 25.0 Å². The van der Waals surface area contributed by atoms with Crippen molar-refractivity contribution in [1.29, 1.82) is 0 Å². The topological polar surface area (TPSA) is 28.5 Å². The number of nitrogens with zero attached hydrogens (tertiary/aromatic N) is 3. The van der Waals surface area contributed by atoms with E-state index in [1.54, 1.807) is 12.4 Å². The fourth-order valence-electron chi connectivity index (χ4n) is 2.79. The van der Waals surface area contributed by atoms with Crippen molar-refractivity contribution in [1.82, 2.24) is 9.88 Å². The molecule has 0 radical (unpaired) electrons. The van der Waals surface area contributed by atoms with Gasteiger partial charge in [-0.15, -0.1) is 0 Å². The van der Waals surface area contributed by atoms with Gasteiger partial charge in [-0.2, -0.15) is 0 Å². The Bertz CT molecular complexity index is 901. The van der Waals surface area contributed by atoms with Crippen molar-refractivity contribution in [3.63, 3.8) is 0 Å². The maximum Gasteiger partial charge on any atom is 0.0956 e. The van der Waals surface area contributed by atoms with Crippen LogP contribution >= 0.6 is 0 Å². The third-order valence-electron chi connectivity index (χ3n) is 4.13. The van der Waals surface area contributed by atoms with Crippen molar-refractivity contribution in [3.8, 4) is 0 Å². The maximum atomic E-state index is 4.60. The van der Waals surface area contributed by atoms with Gasteiger partial charge in [0.15, 0.2) is 0 Å². The van der Waals surface area contributed by atoms with Gasteiger partial charge in [0.25, 0.3) is 0 Å². The molecule has 3 heteroatoms. The first-order valence-electron chi connectivity index (χ1n) is 9.23. The Labute approximate surface area is 168 Å². The molecule has 0 atom stereocenters. The minimum Gasteiger partial charge on any atom is -0.349 e. The molecular formula is C25H27N3. The maximum absolute atomic E-state index is 4.60. The molecule has 2 aromatic rings. The van der Waals surface area contributed by atoms with Gasteiger partial charge in [0.05, 0.1) is 11.4 Å². The summed E-state index contributed by atoms with van der Waals surface area (Å²) in [7, 11) is 2.02. The van der Waals surface area contributed by atoms with Crippen molar-refractivity contribution >= 4 is 11.3 Å². The predicted octanol–water partition coefficient (Wildman–Crippen LogP) is 6.02. The molecule has 0 bridgehead atoms. The van der Waals surface area contributed by atoms with E-state index >= 15 is 0 Å². The van der Waals surface area contributed by atoms with E-state index in [9.17, 15) is 0 Å². The Balaban J connectivity index is 2.58. The summed E-state index contributed by atoms with van der Waals surface area (Å²) in [6, 6.07) is 14.2. The zero-order valence-electron chi connectivity index (χ0n) is 16.8. The fraction of sp³-hybridized carbons (Fsp3) is 0.120. The second-order valence-corrected chi connectivity index (χ2v) is 6.10.